The number of benzene rings is 1. The maximum absolute atomic E-state index is 11.5. The smallest absolute Gasteiger partial charge is 0.236 e. The van der Waals surface area contributed by atoms with E-state index in [9.17, 15) is 4.79 Å². The second-order valence-electron chi connectivity index (χ2n) is 4.58. The van der Waals surface area contributed by atoms with Gasteiger partial charge < -0.3 is 15.8 Å². The Balaban J connectivity index is 2.01. The predicted molar refractivity (Wildman–Crippen MR) is 76.6 cm³/mol. The minimum Gasteiger partial charge on any atom is -0.377 e. The maximum Gasteiger partial charge on any atom is 0.236 e. The van der Waals surface area contributed by atoms with Gasteiger partial charge in [0.1, 0.15) is 0 Å². The van der Waals surface area contributed by atoms with E-state index in [4.69, 9.17) is 10.5 Å². The number of nitrogens with two attached hydrogens (primary N) is 1. The minimum absolute atomic E-state index is 0.0649. The van der Waals surface area contributed by atoms with Crippen LogP contribution in [0.3, 0.4) is 0 Å². The molecule has 1 unspecified atom stereocenters. The van der Waals surface area contributed by atoms with E-state index in [1.807, 2.05) is 37.3 Å². The van der Waals surface area contributed by atoms with Crippen LogP contribution < -0.4 is 11.1 Å². The van der Waals surface area contributed by atoms with E-state index in [0.717, 1.165) is 24.8 Å². The number of hydrogen-bond donors (Lipinski definition) is 2. The predicted octanol–water partition coefficient (Wildman–Crippen LogP) is 1.84. The highest BCUT2D eigenvalue weighted by Gasteiger charge is 2.10. The molecule has 0 aromatic heterocycles. The zero-order valence-electron chi connectivity index (χ0n) is 11.6. The first-order valence-corrected chi connectivity index (χ1v) is 6.89. The minimum atomic E-state index is -0.379. The third kappa shape index (κ3) is 6.94. The van der Waals surface area contributed by atoms with Crippen LogP contribution in [0.4, 0.5) is 0 Å². The van der Waals surface area contributed by atoms with E-state index in [0.29, 0.717) is 19.8 Å². The summed E-state index contributed by atoms with van der Waals surface area (Å²) in [4.78, 5) is 11.5. The summed E-state index contributed by atoms with van der Waals surface area (Å²) in [6.07, 6.45) is 2.46. The Bertz CT molecular complexity index is 354. The Kier molecular flexibility index (Phi) is 7.86. The summed E-state index contributed by atoms with van der Waals surface area (Å²) in [7, 11) is 0. The summed E-state index contributed by atoms with van der Waals surface area (Å²) in [5, 5.41) is 2.82. The van der Waals surface area contributed by atoms with Crippen molar-refractivity contribution in [1.82, 2.24) is 5.32 Å². The molecular formula is C15H24N2O2. The van der Waals surface area contributed by atoms with E-state index in [1.54, 1.807) is 0 Å². The first-order chi connectivity index (χ1) is 9.24. The van der Waals surface area contributed by atoms with Crippen molar-refractivity contribution >= 4 is 5.91 Å². The van der Waals surface area contributed by atoms with Crippen molar-refractivity contribution in [1.29, 1.82) is 0 Å². The van der Waals surface area contributed by atoms with Crippen LogP contribution in [0, 0.1) is 0 Å². The van der Waals surface area contributed by atoms with Gasteiger partial charge in [0.25, 0.3) is 0 Å². The topological polar surface area (TPSA) is 64.4 Å². The third-order valence-electron chi connectivity index (χ3n) is 2.81. The molecule has 0 fully saturated rings. The van der Waals surface area contributed by atoms with Gasteiger partial charge in [-0.15, -0.1) is 0 Å². The van der Waals surface area contributed by atoms with Gasteiger partial charge in [0, 0.05) is 13.2 Å². The molecule has 0 saturated heterocycles. The van der Waals surface area contributed by atoms with Crippen LogP contribution in [0.25, 0.3) is 0 Å². The number of carbonyl (C=O) groups is 1. The van der Waals surface area contributed by atoms with E-state index >= 15 is 0 Å². The average Bonchev–Trinajstić information content (AvgIpc) is 2.43. The molecule has 1 aromatic rings. The molecule has 0 spiro atoms. The quantitative estimate of drug-likeness (QED) is 0.669. The normalized spacial score (nSPS) is 12.1. The molecule has 0 heterocycles. The van der Waals surface area contributed by atoms with E-state index in [2.05, 4.69) is 5.32 Å². The molecule has 4 nitrogen and oxygen atoms in total. The number of amides is 1. The number of carbonyl (C=O) groups excluding carboxylic acids is 1. The molecule has 1 rings (SSSR count). The molecule has 19 heavy (non-hydrogen) atoms. The van der Waals surface area contributed by atoms with Gasteiger partial charge in [-0.1, -0.05) is 43.7 Å². The molecule has 0 aliphatic carbocycles. The molecule has 1 atom stereocenters. The van der Waals surface area contributed by atoms with Crippen molar-refractivity contribution in [3.8, 4) is 0 Å². The van der Waals surface area contributed by atoms with Crippen LogP contribution in [0.5, 0.6) is 0 Å². The van der Waals surface area contributed by atoms with Crippen molar-refractivity contribution in [2.75, 3.05) is 13.2 Å². The summed E-state index contributed by atoms with van der Waals surface area (Å²) in [5.74, 6) is -0.0649. The number of ether oxygens (including phenoxy) is 1. The van der Waals surface area contributed by atoms with Gasteiger partial charge in [-0.3, -0.25) is 4.79 Å². The van der Waals surface area contributed by atoms with Crippen molar-refractivity contribution in [2.45, 2.75) is 38.8 Å². The summed E-state index contributed by atoms with van der Waals surface area (Å²) >= 11 is 0. The Hall–Kier alpha value is -1.39. The molecule has 0 saturated carbocycles. The summed E-state index contributed by atoms with van der Waals surface area (Å²) in [5.41, 5.74) is 6.86. The van der Waals surface area contributed by atoms with Gasteiger partial charge in [0.05, 0.1) is 12.6 Å². The lowest BCUT2D eigenvalue weighted by Gasteiger charge is -2.11. The summed E-state index contributed by atoms with van der Waals surface area (Å²) in [6, 6.07) is 9.66. The van der Waals surface area contributed by atoms with Gasteiger partial charge >= 0.3 is 0 Å². The molecule has 1 aromatic carbocycles. The standard InChI is InChI=1S/C15H24N2O2/c1-2-7-14(16)15(18)17-10-6-11-19-12-13-8-4-3-5-9-13/h3-5,8-9,14H,2,6-7,10-12,16H2,1H3,(H,17,18). The number of hydrogen-bond acceptors (Lipinski definition) is 3. The summed E-state index contributed by atoms with van der Waals surface area (Å²) in [6.45, 7) is 3.89. The molecule has 0 radical (unpaired) electrons. The molecule has 0 aliphatic rings. The Morgan fingerprint density at radius 1 is 1.37 bits per heavy atom. The fourth-order valence-electron chi connectivity index (χ4n) is 1.72. The van der Waals surface area contributed by atoms with Gasteiger partial charge in [-0.05, 0) is 18.4 Å². The average molecular weight is 264 g/mol. The van der Waals surface area contributed by atoms with Crippen LogP contribution in [-0.2, 0) is 16.1 Å². The highest BCUT2D eigenvalue weighted by Crippen LogP contribution is 2.00. The SMILES string of the molecule is CCCC(N)C(=O)NCCCOCc1ccccc1. The lowest BCUT2D eigenvalue weighted by Crippen LogP contribution is -2.40. The van der Waals surface area contributed by atoms with Crippen molar-refractivity contribution in [3.63, 3.8) is 0 Å². The molecule has 106 valence electrons. The zero-order chi connectivity index (χ0) is 13.9. The van der Waals surface area contributed by atoms with Crippen LogP contribution in [-0.4, -0.2) is 25.1 Å². The molecule has 3 N–H and O–H groups in total. The lowest BCUT2D eigenvalue weighted by atomic mass is 10.2. The van der Waals surface area contributed by atoms with Gasteiger partial charge in [-0.25, -0.2) is 0 Å². The Morgan fingerprint density at radius 3 is 2.79 bits per heavy atom. The van der Waals surface area contributed by atoms with E-state index < -0.39 is 0 Å². The van der Waals surface area contributed by atoms with E-state index in [1.165, 1.54) is 0 Å². The Labute approximate surface area is 115 Å². The summed E-state index contributed by atoms with van der Waals surface area (Å²) < 4.78 is 5.53. The van der Waals surface area contributed by atoms with Crippen LogP contribution in [0.1, 0.15) is 31.7 Å². The highest BCUT2D eigenvalue weighted by molar-refractivity contribution is 5.81. The molecule has 4 heteroatoms. The molecule has 0 bridgehead atoms. The maximum atomic E-state index is 11.5. The molecule has 0 aliphatic heterocycles. The van der Waals surface area contributed by atoms with Crippen LogP contribution in [0.15, 0.2) is 30.3 Å². The van der Waals surface area contributed by atoms with Crippen molar-refractivity contribution < 1.29 is 9.53 Å². The van der Waals surface area contributed by atoms with Gasteiger partial charge in [-0.2, -0.15) is 0 Å². The fraction of sp³-hybridized carbons (Fsp3) is 0.533. The largest absolute Gasteiger partial charge is 0.377 e. The van der Waals surface area contributed by atoms with Crippen LogP contribution >= 0.6 is 0 Å². The highest BCUT2D eigenvalue weighted by atomic mass is 16.5. The van der Waals surface area contributed by atoms with E-state index in [-0.39, 0.29) is 11.9 Å². The zero-order valence-corrected chi connectivity index (χ0v) is 11.6. The van der Waals surface area contributed by atoms with Gasteiger partial charge in [0.2, 0.25) is 5.91 Å². The van der Waals surface area contributed by atoms with Crippen molar-refractivity contribution in [3.05, 3.63) is 35.9 Å². The Morgan fingerprint density at radius 2 is 2.11 bits per heavy atom. The fourth-order valence-corrected chi connectivity index (χ4v) is 1.72. The number of nitrogens with one attached hydrogen (secondary N) is 1. The molecular weight excluding hydrogens is 240 g/mol. The van der Waals surface area contributed by atoms with Crippen molar-refractivity contribution in [2.24, 2.45) is 5.73 Å². The number of rotatable bonds is 9. The monoisotopic (exact) mass is 264 g/mol. The molecule has 1 amide bonds. The first kappa shape index (κ1) is 15.7. The van der Waals surface area contributed by atoms with Crippen LogP contribution in [0.2, 0.25) is 0 Å². The second kappa shape index (κ2) is 9.53. The lowest BCUT2D eigenvalue weighted by molar-refractivity contribution is -0.122. The first-order valence-electron chi connectivity index (χ1n) is 6.89. The second-order valence-corrected chi connectivity index (χ2v) is 4.58. The van der Waals surface area contributed by atoms with Gasteiger partial charge in [0.15, 0.2) is 0 Å². The third-order valence-corrected chi connectivity index (χ3v) is 2.81.